The Morgan fingerprint density at radius 3 is 2.54 bits per heavy atom. The number of carbonyl (C=O) groups excluding carboxylic acids is 1. The summed E-state index contributed by atoms with van der Waals surface area (Å²) in [5.41, 5.74) is 0.613. The van der Waals surface area contributed by atoms with E-state index in [9.17, 15) is 13.2 Å². The fourth-order valence-electron chi connectivity index (χ4n) is 2.77. The van der Waals surface area contributed by atoms with Gasteiger partial charge in [0.15, 0.2) is 11.5 Å². The van der Waals surface area contributed by atoms with Gasteiger partial charge in [0, 0.05) is 12.1 Å². The summed E-state index contributed by atoms with van der Waals surface area (Å²) in [6.45, 7) is 0.671. The molecule has 28 heavy (non-hydrogen) atoms. The summed E-state index contributed by atoms with van der Waals surface area (Å²) in [7, 11) is -2.67. The minimum absolute atomic E-state index is 0.0723. The van der Waals surface area contributed by atoms with Gasteiger partial charge in [0.1, 0.15) is 19.8 Å². The highest BCUT2D eigenvalue weighted by molar-refractivity contribution is 7.90. The molecule has 2 aromatic carbocycles. The van der Waals surface area contributed by atoms with E-state index in [1.165, 1.54) is 23.8 Å². The van der Waals surface area contributed by atoms with Crippen molar-refractivity contribution in [3.63, 3.8) is 0 Å². The molecule has 0 aliphatic carbocycles. The molecule has 1 aromatic heterocycles. The largest absolute Gasteiger partial charge is 0.486 e. The molecule has 0 radical (unpaired) electrons. The summed E-state index contributed by atoms with van der Waals surface area (Å²) in [5, 5.41) is 0. The highest BCUT2D eigenvalue weighted by Crippen LogP contribution is 2.35. The number of fused-ring (bicyclic) bond motifs is 2. The molecule has 1 aliphatic heterocycles. The van der Waals surface area contributed by atoms with Crippen LogP contribution in [0.1, 0.15) is 0 Å². The first kappa shape index (κ1) is 18.5. The first-order chi connectivity index (χ1) is 13.5. The Morgan fingerprint density at radius 1 is 1.18 bits per heavy atom. The van der Waals surface area contributed by atoms with Crippen LogP contribution < -0.4 is 14.3 Å². The van der Waals surface area contributed by atoms with Crippen LogP contribution in [0, 0.1) is 0 Å². The Balaban J connectivity index is 1.94. The SMILES string of the molecule is COC(=O)Cn1c(=NS(=O)(=O)c2ccccc2)sc2cc3c(cc21)OCCO3. The predicted molar refractivity (Wildman–Crippen MR) is 102 cm³/mol. The van der Waals surface area contributed by atoms with E-state index in [2.05, 4.69) is 4.40 Å². The van der Waals surface area contributed by atoms with Crippen LogP contribution in [0.15, 0.2) is 51.8 Å². The van der Waals surface area contributed by atoms with Crippen LogP contribution in [0.2, 0.25) is 0 Å². The number of aromatic nitrogens is 1. The van der Waals surface area contributed by atoms with Crippen LogP contribution in [0.3, 0.4) is 0 Å². The van der Waals surface area contributed by atoms with Crippen molar-refractivity contribution in [2.75, 3.05) is 20.3 Å². The molecule has 0 bridgehead atoms. The van der Waals surface area contributed by atoms with Gasteiger partial charge in [0.05, 0.1) is 22.2 Å². The number of benzene rings is 2. The maximum absolute atomic E-state index is 12.7. The number of sulfonamides is 1. The van der Waals surface area contributed by atoms with Crippen LogP contribution in [0.5, 0.6) is 11.5 Å². The van der Waals surface area contributed by atoms with Gasteiger partial charge in [-0.15, -0.1) is 4.40 Å². The molecule has 10 heteroatoms. The number of nitrogens with zero attached hydrogens (tertiary/aromatic N) is 2. The molecule has 8 nitrogen and oxygen atoms in total. The number of hydrogen-bond donors (Lipinski definition) is 0. The van der Waals surface area contributed by atoms with Gasteiger partial charge < -0.3 is 18.8 Å². The van der Waals surface area contributed by atoms with E-state index in [1.54, 1.807) is 30.3 Å². The number of hydrogen-bond acceptors (Lipinski definition) is 7. The lowest BCUT2D eigenvalue weighted by Crippen LogP contribution is -2.22. The Labute approximate surface area is 164 Å². The molecule has 0 unspecified atom stereocenters. The van der Waals surface area contributed by atoms with Gasteiger partial charge in [-0.2, -0.15) is 8.42 Å². The van der Waals surface area contributed by atoms with Gasteiger partial charge in [-0.05, 0) is 12.1 Å². The lowest BCUT2D eigenvalue weighted by Gasteiger charge is -2.18. The number of thiazole rings is 1. The molecular weight excluding hydrogens is 404 g/mol. The third kappa shape index (κ3) is 3.48. The van der Waals surface area contributed by atoms with Crippen molar-refractivity contribution in [1.29, 1.82) is 0 Å². The van der Waals surface area contributed by atoms with Gasteiger partial charge in [-0.1, -0.05) is 29.5 Å². The summed E-state index contributed by atoms with van der Waals surface area (Å²) < 4.78 is 47.5. The molecular formula is C18H16N2O6S2. The maximum atomic E-state index is 12.7. The minimum Gasteiger partial charge on any atom is -0.486 e. The fraction of sp³-hybridized carbons (Fsp3) is 0.222. The lowest BCUT2D eigenvalue weighted by atomic mass is 10.2. The molecule has 146 valence electrons. The van der Waals surface area contributed by atoms with Crippen molar-refractivity contribution in [2.45, 2.75) is 11.4 Å². The summed E-state index contributed by atoms with van der Waals surface area (Å²) in [6.07, 6.45) is 0. The van der Waals surface area contributed by atoms with E-state index in [0.29, 0.717) is 30.2 Å². The first-order valence-corrected chi connectivity index (χ1v) is 10.6. The second-order valence-electron chi connectivity index (χ2n) is 5.89. The van der Waals surface area contributed by atoms with E-state index in [0.717, 1.165) is 16.0 Å². The molecule has 4 rings (SSSR count). The van der Waals surface area contributed by atoms with Crippen LogP contribution >= 0.6 is 11.3 Å². The highest BCUT2D eigenvalue weighted by Gasteiger charge is 2.19. The predicted octanol–water partition coefficient (Wildman–Crippen LogP) is 1.94. The zero-order valence-electron chi connectivity index (χ0n) is 14.8. The Hall–Kier alpha value is -2.85. The zero-order valence-corrected chi connectivity index (χ0v) is 16.5. The quantitative estimate of drug-likeness (QED) is 0.599. The van der Waals surface area contributed by atoms with E-state index in [-0.39, 0.29) is 16.2 Å². The Morgan fingerprint density at radius 2 is 1.86 bits per heavy atom. The number of methoxy groups -OCH3 is 1. The molecule has 0 amide bonds. The summed E-state index contributed by atoms with van der Waals surface area (Å²) in [4.78, 5) is 12.1. The highest BCUT2D eigenvalue weighted by atomic mass is 32.2. The van der Waals surface area contributed by atoms with Gasteiger partial charge in [-0.25, -0.2) is 0 Å². The molecule has 2 heterocycles. The Kier molecular flexibility index (Phi) is 4.82. The van der Waals surface area contributed by atoms with Crippen LogP contribution in [-0.2, 0) is 26.1 Å². The topological polar surface area (TPSA) is 96.2 Å². The minimum atomic E-state index is -3.95. The van der Waals surface area contributed by atoms with E-state index < -0.39 is 16.0 Å². The second kappa shape index (κ2) is 7.28. The monoisotopic (exact) mass is 420 g/mol. The van der Waals surface area contributed by atoms with Gasteiger partial charge >= 0.3 is 5.97 Å². The van der Waals surface area contributed by atoms with Crippen molar-refractivity contribution >= 4 is 37.5 Å². The molecule has 0 atom stereocenters. The molecule has 0 saturated heterocycles. The summed E-state index contributed by atoms with van der Waals surface area (Å²) in [6, 6.07) is 11.4. The van der Waals surface area contributed by atoms with E-state index in [1.807, 2.05) is 0 Å². The van der Waals surface area contributed by atoms with Crippen molar-refractivity contribution in [1.82, 2.24) is 4.57 Å². The van der Waals surface area contributed by atoms with Crippen LogP contribution in [0.25, 0.3) is 10.2 Å². The van der Waals surface area contributed by atoms with E-state index >= 15 is 0 Å². The summed E-state index contributed by atoms with van der Waals surface area (Å²) in [5.74, 6) is 0.587. The van der Waals surface area contributed by atoms with Crippen molar-refractivity contribution in [3.8, 4) is 11.5 Å². The van der Waals surface area contributed by atoms with Crippen molar-refractivity contribution < 1.29 is 27.4 Å². The number of carbonyl (C=O) groups is 1. The average molecular weight is 420 g/mol. The normalized spacial score (nSPS) is 14.2. The standard InChI is InChI=1S/C18H16N2O6S2/c1-24-17(21)11-20-13-9-14-15(26-8-7-25-14)10-16(13)27-18(20)19-28(22,23)12-5-3-2-4-6-12/h2-6,9-10H,7-8,11H2,1H3. The fourth-order valence-corrected chi connectivity index (χ4v) is 5.03. The first-order valence-electron chi connectivity index (χ1n) is 8.34. The van der Waals surface area contributed by atoms with Gasteiger partial charge in [-0.3, -0.25) is 4.79 Å². The third-order valence-corrected chi connectivity index (χ3v) is 6.54. The molecule has 0 N–H and O–H groups in total. The van der Waals surface area contributed by atoms with Crippen molar-refractivity contribution in [3.05, 3.63) is 47.3 Å². The lowest BCUT2D eigenvalue weighted by molar-refractivity contribution is -0.141. The Bertz CT molecular complexity index is 1210. The average Bonchev–Trinajstić information content (AvgIpc) is 3.02. The zero-order chi connectivity index (χ0) is 19.7. The number of esters is 1. The van der Waals surface area contributed by atoms with Crippen LogP contribution in [-0.4, -0.2) is 39.3 Å². The second-order valence-corrected chi connectivity index (χ2v) is 8.50. The third-order valence-electron chi connectivity index (χ3n) is 4.10. The molecule has 0 fully saturated rings. The molecule has 3 aromatic rings. The van der Waals surface area contributed by atoms with Crippen LogP contribution in [0.4, 0.5) is 0 Å². The number of rotatable bonds is 4. The van der Waals surface area contributed by atoms with Gasteiger partial charge in [0.25, 0.3) is 10.0 Å². The molecule has 1 aliphatic rings. The van der Waals surface area contributed by atoms with Crippen molar-refractivity contribution in [2.24, 2.45) is 4.40 Å². The smallest absolute Gasteiger partial charge is 0.325 e. The number of ether oxygens (including phenoxy) is 3. The molecule has 0 saturated carbocycles. The summed E-state index contributed by atoms with van der Waals surface area (Å²) >= 11 is 1.14. The van der Waals surface area contributed by atoms with E-state index in [4.69, 9.17) is 14.2 Å². The maximum Gasteiger partial charge on any atom is 0.325 e. The van der Waals surface area contributed by atoms with Gasteiger partial charge in [0.2, 0.25) is 4.80 Å². The molecule has 0 spiro atoms.